The highest BCUT2D eigenvalue weighted by Gasteiger charge is 2.13. The molecular weight excluding hydrogens is 340 g/mol. The second kappa shape index (κ2) is 8.61. The quantitative estimate of drug-likeness (QED) is 0.761. The summed E-state index contributed by atoms with van der Waals surface area (Å²) in [7, 11) is 0. The molecule has 0 aliphatic carbocycles. The Bertz CT molecular complexity index is 759. The van der Waals surface area contributed by atoms with Crippen molar-refractivity contribution in [1.29, 1.82) is 0 Å². The molecule has 1 aromatic heterocycles. The predicted octanol–water partition coefficient (Wildman–Crippen LogP) is 1.85. The number of carbonyl (C=O) groups is 2. The molecule has 1 heterocycles. The molecule has 9 heteroatoms. The van der Waals surface area contributed by atoms with Crippen molar-refractivity contribution in [2.75, 3.05) is 12.3 Å². The Labute approximate surface area is 150 Å². The molecule has 0 saturated carbocycles. The number of carbonyl (C=O) groups excluding carboxylic acids is 2. The molecule has 2 rings (SSSR count). The number of nitrogens with one attached hydrogen (secondary N) is 2. The lowest BCUT2D eigenvalue weighted by Crippen LogP contribution is -2.41. The third-order valence-electron chi connectivity index (χ3n) is 3.43. The summed E-state index contributed by atoms with van der Waals surface area (Å²) < 4.78 is 1.57. The van der Waals surface area contributed by atoms with E-state index in [1.807, 2.05) is 45.9 Å². The number of aryl methyl sites for hydroxylation is 2. The lowest BCUT2D eigenvalue weighted by molar-refractivity contribution is -0.117. The average molecular weight is 362 g/mol. The van der Waals surface area contributed by atoms with Gasteiger partial charge in [0.25, 0.3) is 0 Å². The minimum Gasteiger partial charge on any atom is -0.338 e. The number of urea groups is 1. The maximum Gasteiger partial charge on any atom is 0.321 e. The molecule has 0 radical (unpaired) electrons. The number of aromatic nitrogens is 4. The molecule has 0 saturated heterocycles. The molecule has 0 unspecified atom stereocenters. The molecule has 2 aromatic rings. The van der Waals surface area contributed by atoms with Crippen molar-refractivity contribution in [2.45, 2.75) is 32.9 Å². The van der Waals surface area contributed by atoms with Gasteiger partial charge in [-0.05, 0) is 53.5 Å². The molecule has 3 amide bonds. The number of hydrogen-bond donors (Lipinski definition) is 2. The van der Waals surface area contributed by atoms with Gasteiger partial charge in [0.2, 0.25) is 11.1 Å². The van der Waals surface area contributed by atoms with Crippen LogP contribution in [-0.2, 0) is 4.79 Å². The van der Waals surface area contributed by atoms with E-state index in [0.717, 1.165) is 11.3 Å². The second-order valence-corrected chi connectivity index (χ2v) is 7.03. The first-order valence-electron chi connectivity index (χ1n) is 7.93. The van der Waals surface area contributed by atoms with Gasteiger partial charge in [-0.1, -0.05) is 31.7 Å². The Hall–Kier alpha value is -2.42. The number of tetrazole rings is 1. The van der Waals surface area contributed by atoms with E-state index >= 15 is 0 Å². The van der Waals surface area contributed by atoms with Gasteiger partial charge >= 0.3 is 6.03 Å². The molecule has 25 heavy (non-hydrogen) atoms. The summed E-state index contributed by atoms with van der Waals surface area (Å²) in [5.74, 6) is -0.0425. The Balaban J connectivity index is 1.94. The van der Waals surface area contributed by atoms with Crippen LogP contribution in [0.25, 0.3) is 5.69 Å². The predicted molar refractivity (Wildman–Crippen MR) is 95.7 cm³/mol. The van der Waals surface area contributed by atoms with Gasteiger partial charge in [0, 0.05) is 6.54 Å². The number of hydrogen-bond acceptors (Lipinski definition) is 6. The number of imide groups is 1. The number of thioether (sulfide) groups is 1. The van der Waals surface area contributed by atoms with E-state index in [9.17, 15) is 9.59 Å². The zero-order valence-corrected chi connectivity index (χ0v) is 15.6. The first-order valence-corrected chi connectivity index (χ1v) is 8.92. The van der Waals surface area contributed by atoms with E-state index < -0.39 is 11.9 Å². The summed E-state index contributed by atoms with van der Waals surface area (Å²) in [5.41, 5.74) is 3.13. The lowest BCUT2D eigenvalue weighted by atomic mass is 10.1. The summed E-state index contributed by atoms with van der Waals surface area (Å²) in [6.45, 7) is 8.51. The Morgan fingerprint density at radius 2 is 2.00 bits per heavy atom. The molecule has 2 N–H and O–H groups in total. The van der Waals surface area contributed by atoms with E-state index in [4.69, 9.17) is 0 Å². The van der Waals surface area contributed by atoms with E-state index in [1.54, 1.807) is 4.68 Å². The Morgan fingerprint density at radius 3 is 2.68 bits per heavy atom. The van der Waals surface area contributed by atoms with Crippen molar-refractivity contribution in [3.8, 4) is 5.69 Å². The monoisotopic (exact) mass is 362 g/mol. The molecule has 0 atom stereocenters. The van der Waals surface area contributed by atoms with Gasteiger partial charge in [-0.3, -0.25) is 10.1 Å². The summed E-state index contributed by atoms with van der Waals surface area (Å²) in [4.78, 5) is 23.4. The fraction of sp³-hybridized carbons (Fsp3) is 0.438. The van der Waals surface area contributed by atoms with Crippen molar-refractivity contribution in [3.63, 3.8) is 0 Å². The van der Waals surface area contributed by atoms with Crippen LogP contribution in [0.1, 0.15) is 25.0 Å². The molecule has 0 spiro atoms. The van der Waals surface area contributed by atoms with Crippen LogP contribution in [0.3, 0.4) is 0 Å². The molecule has 0 aliphatic heterocycles. The Kier molecular flexibility index (Phi) is 6.51. The molecule has 0 fully saturated rings. The highest BCUT2D eigenvalue weighted by Crippen LogP contribution is 2.19. The molecule has 1 aromatic carbocycles. The van der Waals surface area contributed by atoms with Crippen molar-refractivity contribution >= 4 is 23.7 Å². The second-order valence-electron chi connectivity index (χ2n) is 6.08. The number of nitrogens with zero attached hydrogens (tertiary/aromatic N) is 4. The summed E-state index contributed by atoms with van der Waals surface area (Å²) >= 11 is 1.17. The normalized spacial score (nSPS) is 10.8. The maximum absolute atomic E-state index is 11.9. The zero-order valence-electron chi connectivity index (χ0n) is 14.7. The molecule has 8 nitrogen and oxygen atoms in total. The molecule has 134 valence electrons. The van der Waals surface area contributed by atoms with Crippen LogP contribution in [0, 0.1) is 19.8 Å². The van der Waals surface area contributed by atoms with Gasteiger partial charge in [-0.25, -0.2) is 4.79 Å². The van der Waals surface area contributed by atoms with E-state index in [2.05, 4.69) is 26.2 Å². The van der Waals surface area contributed by atoms with Crippen LogP contribution < -0.4 is 10.6 Å². The van der Waals surface area contributed by atoms with E-state index in [-0.39, 0.29) is 5.75 Å². The van der Waals surface area contributed by atoms with Gasteiger partial charge in [0.1, 0.15) is 0 Å². The van der Waals surface area contributed by atoms with Gasteiger partial charge in [0.15, 0.2) is 0 Å². The van der Waals surface area contributed by atoms with Crippen LogP contribution in [0.2, 0.25) is 0 Å². The third kappa shape index (κ3) is 5.56. The number of rotatable bonds is 6. The first-order chi connectivity index (χ1) is 11.9. The fourth-order valence-corrected chi connectivity index (χ4v) is 2.61. The van der Waals surface area contributed by atoms with Gasteiger partial charge < -0.3 is 5.32 Å². The zero-order chi connectivity index (χ0) is 18.4. The van der Waals surface area contributed by atoms with Crippen LogP contribution in [-0.4, -0.2) is 44.4 Å². The van der Waals surface area contributed by atoms with Crippen molar-refractivity contribution in [3.05, 3.63) is 29.3 Å². The van der Waals surface area contributed by atoms with Gasteiger partial charge in [-0.15, -0.1) is 5.10 Å². The maximum atomic E-state index is 11.9. The third-order valence-corrected chi connectivity index (χ3v) is 4.35. The standard InChI is InChI=1S/C16H22N6O2S/c1-10(2)8-17-15(24)18-14(23)9-25-16-19-20-21-22(16)13-6-5-11(3)12(4)7-13/h5-7,10H,8-9H2,1-4H3,(H2,17,18,23,24). The molecular formula is C16H22N6O2S. The van der Waals surface area contributed by atoms with E-state index in [0.29, 0.717) is 17.6 Å². The van der Waals surface area contributed by atoms with E-state index in [1.165, 1.54) is 17.3 Å². The highest BCUT2D eigenvalue weighted by atomic mass is 32.2. The average Bonchev–Trinajstić information content (AvgIpc) is 3.02. The number of amides is 3. The van der Waals surface area contributed by atoms with Crippen LogP contribution in [0.4, 0.5) is 4.79 Å². The largest absolute Gasteiger partial charge is 0.338 e. The van der Waals surface area contributed by atoms with Crippen molar-refractivity contribution in [1.82, 2.24) is 30.8 Å². The lowest BCUT2D eigenvalue weighted by Gasteiger charge is -2.09. The van der Waals surface area contributed by atoms with Crippen molar-refractivity contribution in [2.24, 2.45) is 5.92 Å². The summed E-state index contributed by atoms with van der Waals surface area (Å²) in [6.07, 6.45) is 0. The van der Waals surface area contributed by atoms with Gasteiger partial charge in [-0.2, -0.15) is 4.68 Å². The molecule has 0 aliphatic rings. The van der Waals surface area contributed by atoms with Crippen LogP contribution in [0.15, 0.2) is 23.4 Å². The minimum absolute atomic E-state index is 0.0420. The smallest absolute Gasteiger partial charge is 0.321 e. The SMILES string of the molecule is Cc1ccc(-n2nnnc2SCC(=O)NC(=O)NCC(C)C)cc1C. The first kappa shape index (κ1) is 18.9. The highest BCUT2D eigenvalue weighted by molar-refractivity contribution is 7.99. The van der Waals surface area contributed by atoms with Gasteiger partial charge in [0.05, 0.1) is 11.4 Å². The van der Waals surface area contributed by atoms with Crippen molar-refractivity contribution < 1.29 is 9.59 Å². The topological polar surface area (TPSA) is 102 Å². The summed E-state index contributed by atoms with van der Waals surface area (Å²) in [6, 6.07) is 5.40. The summed E-state index contributed by atoms with van der Waals surface area (Å²) in [5, 5.41) is 17.0. The minimum atomic E-state index is -0.493. The Morgan fingerprint density at radius 1 is 1.24 bits per heavy atom. The van der Waals surface area contributed by atoms with Crippen LogP contribution >= 0.6 is 11.8 Å². The fourth-order valence-electron chi connectivity index (χ4n) is 1.92. The number of benzene rings is 1. The molecule has 0 bridgehead atoms. The van der Waals surface area contributed by atoms with Crippen LogP contribution in [0.5, 0.6) is 0 Å².